The van der Waals surface area contributed by atoms with E-state index < -0.39 is 5.97 Å². The fourth-order valence-corrected chi connectivity index (χ4v) is 2.65. The van der Waals surface area contributed by atoms with Crippen LogP contribution in [-0.4, -0.2) is 21.3 Å². The van der Waals surface area contributed by atoms with Crippen LogP contribution in [-0.2, 0) is 0 Å². The van der Waals surface area contributed by atoms with Gasteiger partial charge in [-0.25, -0.2) is 4.79 Å². The van der Waals surface area contributed by atoms with Crippen molar-refractivity contribution >= 4 is 33.2 Å². The van der Waals surface area contributed by atoms with E-state index in [0.29, 0.717) is 11.3 Å². The molecule has 0 aliphatic rings. The minimum Gasteiger partial charge on any atom is -0.476 e. The first-order valence-corrected chi connectivity index (χ1v) is 6.07. The lowest BCUT2D eigenvalue weighted by molar-refractivity contribution is 0.0688. The first kappa shape index (κ1) is 11.2. The molecule has 1 N–H and O–H groups in total. The van der Waals surface area contributed by atoms with Crippen molar-refractivity contribution in [2.75, 3.05) is 0 Å². The number of aryl methyl sites for hydroxylation is 1. The smallest absolute Gasteiger partial charge is 0.356 e. The van der Waals surface area contributed by atoms with Crippen LogP contribution >= 0.6 is 27.3 Å². The molecule has 0 unspecified atom stereocenters. The minimum atomic E-state index is -1.05. The van der Waals surface area contributed by atoms with Gasteiger partial charge in [0.05, 0.1) is 4.88 Å². The molecular weight excluding hydrogens is 292 g/mol. The zero-order valence-corrected chi connectivity index (χ0v) is 10.7. The van der Waals surface area contributed by atoms with Gasteiger partial charge in [-0.05, 0) is 40.5 Å². The summed E-state index contributed by atoms with van der Waals surface area (Å²) in [6.07, 6.45) is 0. The standard InChI is InChI=1S/C10H7BrN2O2S/c1-5-2-7(8-3-6(11)4-16-8)12-13-9(5)10(14)15/h2-4H,1H3,(H,14,15). The maximum atomic E-state index is 10.8. The van der Waals surface area contributed by atoms with E-state index in [-0.39, 0.29) is 5.69 Å². The van der Waals surface area contributed by atoms with Crippen molar-refractivity contribution in [3.63, 3.8) is 0 Å². The molecule has 0 fully saturated rings. The van der Waals surface area contributed by atoms with E-state index in [9.17, 15) is 4.79 Å². The molecule has 0 aliphatic heterocycles. The number of hydrogen-bond acceptors (Lipinski definition) is 4. The van der Waals surface area contributed by atoms with Crippen molar-refractivity contribution in [3.05, 3.63) is 33.2 Å². The van der Waals surface area contributed by atoms with Gasteiger partial charge in [0.25, 0.3) is 0 Å². The summed E-state index contributed by atoms with van der Waals surface area (Å²) in [5.74, 6) is -1.05. The summed E-state index contributed by atoms with van der Waals surface area (Å²) in [7, 11) is 0. The topological polar surface area (TPSA) is 63.1 Å². The number of aromatic carboxylic acids is 1. The highest BCUT2D eigenvalue weighted by molar-refractivity contribution is 9.10. The third-order valence-electron chi connectivity index (χ3n) is 2.01. The Morgan fingerprint density at radius 1 is 1.44 bits per heavy atom. The lowest BCUT2D eigenvalue weighted by Gasteiger charge is -2.00. The largest absolute Gasteiger partial charge is 0.476 e. The summed E-state index contributed by atoms with van der Waals surface area (Å²) in [5.41, 5.74) is 1.31. The van der Waals surface area contributed by atoms with Crippen LogP contribution in [0.15, 0.2) is 22.0 Å². The van der Waals surface area contributed by atoms with Gasteiger partial charge >= 0.3 is 5.97 Å². The molecule has 4 nitrogen and oxygen atoms in total. The summed E-state index contributed by atoms with van der Waals surface area (Å²) < 4.78 is 0.981. The molecule has 16 heavy (non-hydrogen) atoms. The van der Waals surface area contributed by atoms with Gasteiger partial charge < -0.3 is 5.11 Å². The molecule has 82 valence electrons. The Bertz CT molecular complexity index is 554. The predicted molar refractivity (Wildman–Crippen MR) is 64.7 cm³/mol. The van der Waals surface area contributed by atoms with Crippen LogP contribution in [0.25, 0.3) is 10.6 Å². The second-order valence-corrected chi connectivity index (χ2v) is 5.02. The third-order valence-corrected chi connectivity index (χ3v) is 3.72. The highest BCUT2D eigenvalue weighted by Gasteiger charge is 2.12. The number of carboxylic acids is 1. The third kappa shape index (κ3) is 2.12. The van der Waals surface area contributed by atoms with Crippen LogP contribution in [0.1, 0.15) is 16.1 Å². The molecule has 0 radical (unpaired) electrons. The Morgan fingerprint density at radius 3 is 2.69 bits per heavy atom. The Labute approximate surface area is 104 Å². The Balaban J connectivity index is 2.45. The van der Waals surface area contributed by atoms with Crippen molar-refractivity contribution in [2.45, 2.75) is 6.92 Å². The van der Waals surface area contributed by atoms with Crippen molar-refractivity contribution in [2.24, 2.45) is 0 Å². The van der Waals surface area contributed by atoms with E-state index in [1.807, 2.05) is 11.4 Å². The van der Waals surface area contributed by atoms with Crippen LogP contribution in [0.4, 0.5) is 0 Å². The van der Waals surface area contributed by atoms with Crippen LogP contribution < -0.4 is 0 Å². The molecule has 2 heterocycles. The van der Waals surface area contributed by atoms with Gasteiger partial charge in [-0.3, -0.25) is 0 Å². The molecule has 0 saturated carbocycles. The molecule has 0 spiro atoms. The average Bonchev–Trinajstić information content (AvgIpc) is 2.64. The molecule has 0 bridgehead atoms. The molecule has 2 aromatic rings. The molecular formula is C10H7BrN2O2S. The number of nitrogens with zero attached hydrogens (tertiary/aromatic N) is 2. The molecule has 0 aromatic carbocycles. The predicted octanol–water partition coefficient (Wildman–Crippen LogP) is 2.97. The van der Waals surface area contributed by atoms with E-state index >= 15 is 0 Å². The lowest BCUT2D eigenvalue weighted by Crippen LogP contribution is -2.05. The van der Waals surface area contributed by atoms with Crippen molar-refractivity contribution in [1.82, 2.24) is 10.2 Å². The van der Waals surface area contributed by atoms with Crippen LogP contribution in [0.5, 0.6) is 0 Å². The maximum Gasteiger partial charge on any atom is 0.356 e. The lowest BCUT2D eigenvalue weighted by atomic mass is 10.2. The fourth-order valence-electron chi connectivity index (χ4n) is 1.26. The Morgan fingerprint density at radius 2 is 2.19 bits per heavy atom. The Hall–Kier alpha value is -1.27. The number of thiophene rings is 1. The summed E-state index contributed by atoms with van der Waals surface area (Å²) in [6, 6.07) is 3.66. The van der Waals surface area contributed by atoms with Crippen LogP contribution in [0, 0.1) is 6.92 Å². The van der Waals surface area contributed by atoms with Crippen molar-refractivity contribution in [3.8, 4) is 10.6 Å². The monoisotopic (exact) mass is 298 g/mol. The number of halogens is 1. The zero-order valence-electron chi connectivity index (χ0n) is 8.27. The van der Waals surface area contributed by atoms with Gasteiger partial charge in [0.1, 0.15) is 5.69 Å². The van der Waals surface area contributed by atoms with E-state index in [0.717, 1.165) is 9.35 Å². The highest BCUT2D eigenvalue weighted by Crippen LogP contribution is 2.28. The van der Waals surface area contributed by atoms with Gasteiger partial charge in [-0.15, -0.1) is 21.5 Å². The highest BCUT2D eigenvalue weighted by atomic mass is 79.9. The number of aromatic nitrogens is 2. The molecule has 0 saturated heterocycles. The summed E-state index contributed by atoms with van der Waals surface area (Å²) in [5, 5.41) is 18.4. The number of carbonyl (C=O) groups is 1. The van der Waals surface area contributed by atoms with Crippen molar-refractivity contribution < 1.29 is 9.90 Å². The maximum absolute atomic E-state index is 10.8. The van der Waals surface area contributed by atoms with Gasteiger partial charge in [-0.2, -0.15) is 0 Å². The van der Waals surface area contributed by atoms with Crippen molar-refractivity contribution in [1.29, 1.82) is 0 Å². The Kier molecular flexibility index (Phi) is 3.02. The normalized spacial score (nSPS) is 10.4. The van der Waals surface area contributed by atoms with Gasteiger partial charge in [0, 0.05) is 9.85 Å². The first-order chi connectivity index (χ1) is 7.58. The molecule has 2 rings (SSSR count). The molecule has 0 atom stereocenters. The van der Waals surface area contributed by atoms with Crippen LogP contribution in [0.3, 0.4) is 0 Å². The fraction of sp³-hybridized carbons (Fsp3) is 0.100. The first-order valence-electron chi connectivity index (χ1n) is 4.40. The zero-order chi connectivity index (χ0) is 11.7. The second-order valence-electron chi connectivity index (χ2n) is 3.20. The van der Waals surface area contributed by atoms with Gasteiger partial charge in [-0.1, -0.05) is 0 Å². The number of rotatable bonds is 2. The minimum absolute atomic E-state index is 0.000582. The molecule has 2 aromatic heterocycles. The molecule has 0 amide bonds. The van der Waals surface area contributed by atoms with E-state index in [1.165, 1.54) is 11.3 Å². The molecule has 6 heteroatoms. The SMILES string of the molecule is Cc1cc(-c2cc(Br)cs2)nnc1C(=O)O. The van der Waals surface area contributed by atoms with E-state index in [1.54, 1.807) is 13.0 Å². The summed E-state index contributed by atoms with van der Waals surface area (Å²) in [4.78, 5) is 11.7. The van der Waals surface area contributed by atoms with Crippen LogP contribution in [0.2, 0.25) is 0 Å². The van der Waals surface area contributed by atoms with Gasteiger partial charge in [0.2, 0.25) is 0 Å². The van der Waals surface area contributed by atoms with E-state index in [2.05, 4.69) is 26.1 Å². The van der Waals surface area contributed by atoms with Gasteiger partial charge in [0.15, 0.2) is 5.69 Å². The average molecular weight is 299 g/mol. The number of hydrogen-bond donors (Lipinski definition) is 1. The second kappa shape index (κ2) is 4.31. The quantitative estimate of drug-likeness (QED) is 0.926. The summed E-state index contributed by atoms with van der Waals surface area (Å²) in [6.45, 7) is 1.71. The summed E-state index contributed by atoms with van der Waals surface area (Å²) >= 11 is 4.88. The molecule has 0 aliphatic carbocycles. The van der Waals surface area contributed by atoms with E-state index in [4.69, 9.17) is 5.11 Å². The number of carboxylic acid groups (broad SMARTS) is 1.